The van der Waals surface area contributed by atoms with E-state index in [-0.39, 0.29) is 11.8 Å². The number of pyridine rings is 1. The summed E-state index contributed by atoms with van der Waals surface area (Å²) < 4.78 is -0.383. The number of anilines is 2. The zero-order valence-electron chi connectivity index (χ0n) is 13.7. The van der Waals surface area contributed by atoms with Gasteiger partial charge in [0, 0.05) is 21.0 Å². The van der Waals surface area contributed by atoms with Crippen LogP contribution in [0.5, 0.6) is 0 Å². The van der Waals surface area contributed by atoms with Gasteiger partial charge in [0.1, 0.15) is 0 Å². The number of benzene rings is 2. The number of carbonyl (C=O) groups is 2. The number of thioether (sulfide) groups is 1. The van der Waals surface area contributed by atoms with E-state index in [9.17, 15) is 9.59 Å². The maximum atomic E-state index is 13.0. The second kappa shape index (κ2) is 6.41. The number of para-hydroxylation sites is 1. The Hall–Kier alpha value is -2.38. The number of rotatable bonds is 2. The van der Waals surface area contributed by atoms with Crippen LogP contribution in [0.15, 0.2) is 64.1 Å². The van der Waals surface area contributed by atoms with Crippen molar-refractivity contribution in [3.05, 3.63) is 59.2 Å². The molecule has 7 heteroatoms. The van der Waals surface area contributed by atoms with Gasteiger partial charge in [0.2, 0.25) is 11.8 Å². The fraction of sp³-hybridized carbons (Fsp3) is 0.105. The van der Waals surface area contributed by atoms with E-state index < -0.39 is 4.75 Å². The molecule has 0 spiro atoms. The quantitative estimate of drug-likeness (QED) is 0.593. The lowest BCUT2D eigenvalue weighted by Gasteiger charge is -2.31. The number of carbonyl (C=O) groups excluding carboxylic acids is 2. The van der Waals surface area contributed by atoms with Crippen LogP contribution >= 0.6 is 27.7 Å². The molecule has 5 nitrogen and oxygen atoms in total. The summed E-state index contributed by atoms with van der Waals surface area (Å²) in [6, 6.07) is 14.8. The number of amides is 2. The minimum absolute atomic E-state index is 0.340. The first-order valence-corrected chi connectivity index (χ1v) is 9.54. The van der Waals surface area contributed by atoms with Gasteiger partial charge in [-0.05, 0) is 37.3 Å². The van der Waals surface area contributed by atoms with Gasteiger partial charge in [0.15, 0.2) is 4.75 Å². The summed E-state index contributed by atoms with van der Waals surface area (Å²) in [5.41, 5.74) is 1.96. The van der Waals surface area contributed by atoms with Gasteiger partial charge in [-0.25, -0.2) is 0 Å². The molecule has 0 radical (unpaired) electrons. The largest absolute Gasteiger partial charge is 0.323 e. The lowest BCUT2D eigenvalue weighted by atomic mass is 10.1. The molecule has 2 aromatic carbocycles. The molecule has 1 aliphatic heterocycles. The zero-order chi connectivity index (χ0) is 18.3. The van der Waals surface area contributed by atoms with Gasteiger partial charge in [-0.1, -0.05) is 45.9 Å². The number of fused-ring (bicyclic) bond motifs is 2. The maximum absolute atomic E-state index is 13.0. The van der Waals surface area contributed by atoms with Gasteiger partial charge in [-0.2, -0.15) is 0 Å². The Bertz CT molecular complexity index is 1060. The summed E-state index contributed by atoms with van der Waals surface area (Å²) in [6.45, 7) is 1.63. The van der Waals surface area contributed by atoms with Crippen LogP contribution in [0, 0.1) is 0 Å². The SMILES string of the molecule is CC1(C(=O)Nc2ccc(Br)c3cccnc23)Sc2ccccc2NC1=O. The fourth-order valence-corrected chi connectivity index (χ4v) is 4.35. The summed E-state index contributed by atoms with van der Waals surface area (Å²) in [5, 5.41) is 6.59. The third-order valence-corrected chi connectivity index (χ3v) is 6.33. The summed E-state index contributed by atoms with van der Waals surface area (Å²) in [4.78, 5) is 30.8. The molecule has 2 amide bonds. The predicted molar refractivity (Wildman–Crippen MR) is 107 cm³/mol. The van der Waals surface area contributed by atoms with Crippen molar-refractivity contribution < 1.29 is 9.59 Å². The van der Waals surface area contributed by atoms with Gasteiger partial charge in [-0.3, -0.25) is 14.6 Å². The average Bonchev–Trinajstić information content (AvgIpc) is 2.65. The van der Waals surface area contributed by atoms with Crippen LogP contribution in [0.25, 0.3) is 10.9 Å². The number of hydrogen-bond donors (Lipinski definition) is 2. The van der Waals surface area contributed by atoms with E-state index in [0.717, 1.165) is 20.4 Å². The summed E-state index contributed by atoms with van der Waals surface area (Å²) in [6.07, 6.45) is 1.67. The molecule has 1 aromatic heterocycles. The Morgan fingerprint density at radius 1 is 1.19 bits per heavy atom. The molecule has 4 rings (SSSR count). The molecule has 26 heavy (non-hydrogen) atoms. The molecule has 2 N–H and O–H groups in total. The maximum Gasteiger partial charge on any atom is 0.250 e. The fourth-order valence-electron chi connectivity index (χ4n) is 2.80. The van der Waals surface area contributed by atoms with E-state index in [1.54, 1.807) is 19.2 Å². The van der Waals surface area contributed by atoms with Gasteiger partial charge in [0.05, 0.1) is 16.9 Å². The Balaban J connectivity index is 1.69. The van der Waals surface area contributed by atoms with Gasteiger partial charge < -0.3 is 10.6 Å². The third-order valence-electron chi connectivity index (χ3n) is 4.28. The summed E-state index contributed by atoms with van der Waals surface area (Å²) >= 11 is 4.74. The number of hydrogen-bond acceptors (Lipinski definition) is 4. The normalized spacial score (nSPS) is 18.9. The zero-order valence-corrected chi connectivity index (χ0v) is 16.1. The van der Waals surface area contributed by atoms with E-state index >= 15 is 0 Å². The number of nitrogens with zero attached hydrogens (tertiary/aromatic N) is 1. The molecular formula is C19H14BrN3O2S. The van der Waals surface area contributed by atoms with E-state index in [2.05, 4.69) is 31.5 Å². The molecule has 3 aromatic rings. The second-order valence-corrected chi connectivity index (χ2v) is 8.35. The smallest absolute Gasteiger partial charge is 0.250 e. The van der Waals surface area contributed by atoms with Gasteiger partial charge >= 0.3 is 0 Å². The van der Waals surface area contributed by atoms with Crippen LogP contribution in [-0.4, -0.2) is 21.5 Å². The van der Waals surface area contributed by atoms with Crippen molar-refractivity contribution in [3.8, 4) is 0 Å². The van der Waals surface area contributed by atoms with Crippen LogP contribution in [0.3, 0.4) is 0 Å². The van der Waals surface area contributed by atoms with E-state index in [1.165, 1.54) is 11.8 Å². The number of nitrogens with one attached hydrogen (secondary N) is 2. The lowest BCUT2D eigenvalue weighted by Crippen LogP contribution is -2.49. The molecule has 1 atom stereocenters. The molecular weight excluding hydrogens is 414 g/mol. The first-order valence-electron chi connectivity index (χ1n) is 7.93. The van der Waals surface area contributed by atoms with Crippen LogP contribution in [0.4, 0.5) is 11.4 Å². The number of halogens is 1. The van der Waals surface area contributed by atoms with Crippen molar-refractivity contribution in [1.29, 1.82) is 0 Å². The van der Waals surface area contributed by atoms with Crippen molar-refractivity contribution in [3.63, 3.8) is 0 Å². The summed E-state index contributed by atoms with van der Waals surface area (Å²) in [7, 11) is 0. The average molecular weight is 428 g/mol. The molecule has 2 heterocycles. The molecule has 1 aliphatic rings. The molecule has 130 valence electrons. The topological polar surface area (TPSA) is 71.1 Å². The lowest BCUT2D eigenvalue weighted by molar-refractivity contribution is -0.126. The van der Waals surface area contributed by atoms with E-state index in [1.807, 2.05) is 42.5 Å². The summed E-state index contributed by atoms with van der Waals surface area (Å²) in [5.74, 6) is -0.725. The minimum Gasteiger partial charge on any atom is -0.323 e. The molecule has 0 fully saturated rings. The van der Waals surface area contributed by atoms with E-state index in [4.69, 9.17) is 0 Å². The Kier molecular flexibility index (Phi) is 4.20. The third kappa shape index (κ3) is 2.77. The van der Waals surface area contributed by atoms with Crippen molar-refractivity contribution in [1.82, 2.24) is 4.98 Å². The highest BCUT2D eigenvalue weighted by Gasteiger charge is 2.46. The Morgan fingerprint density at radius 3 is 2.85 bits per heavy atom. The highest BCUT2D eigenvalue weighted by molar-refractivity contribution is 9.10. The predicted octanol–water partition coefficient (Wildman–Crippen LogP) is 4.44. The standard InChI is InChI=1S/C19H14BrN3O2S/c1-19(17(24)22-13-6-2-3-7-15(13)26-19)18(25)23-14-9-8-12(20)11-5-4-10-21-16(11)14/h2-10H,1H3,(H,22,24)(H,23,25). The van der Waals surface area contributed by atoms with Crippen molar-refractivity contribution in [2.45, 2.75) is 16.6 Å². The van der Waals surface area contributed by atoms with Gasteiger partial charge in [-0.15, -0.1) is 0 Å². The van der Waals surface area contributed by atoms with E-state index in [0.29, 0.717) is 11.2 Å². The monoisotopic (exact) mass is 427 g/mol. The Labute approximate surface area is 162 Å². The molecule has 0 saturated carbocycles. The molecule has 1 unspecified atom stereocenters. The Morgan fingerprint density at radius 2 is 2.00 bits per heavy atom. The second-order valence-electron chi connectivity index (χ2n) is 6.03. The first kappa shape index (κ1) is 17.1. The van der Waals surface area contributed by atoms with Crippen LogP contribution in [0.1, 0.15) is 6.92 Å². The van der Waals surface area contributed by atoms with Crippen molar-refractivity contribution >= 4 is 61.8 Å². The van der Waals surface area contributed by atoms with Crippen LogP contribution in [0.2, 0.25) is 0 Å². The van der Waals surface area contributed by atoms with Crippen molar-refractivity contribution in [2.75, 3.05) is 10.6 Å². The minimum atomic E-state index is -1.28. The highest BCUT2D eigenvalue weighted by atomic mass is 79.9. The van der Waals surface area contributed by atoms with Crippen LogP contribution < -0.4 is 10.6 Å². The molecule has 0 saturated heterocycles. The first-order chi connectivity index (χ1) is 12.5. The highest BCUT2D eigenvalue weighted by Crippen LogP contribution is 2.43. The molecule has 0 aliphatic carbocycles. The van der Waals surface area contributed by atoms with Crippen LogP contribution in [-0.2, 0) is 9.59 Å². The number of aromatic nitrogens is 1. The molecule has 0 bridgehead atoms. The van der Waals surface area contributed by atoms with Gasteiger partial charge in [0.25, 0.3) is 0 Å². The van der Waals surface area contributed by atoms with Crippen molar-refractivity contribution in [2.24, 2.45) is 0 Å².